The van der Waals surface area contributed by atoms with Crippen molar-refractivity contribution in [1.82, 2.24) is 9.88 Å². The molecule has 2 saturated heterocycles. The number of aliphatic imine (C=N–C) groups is 1. The van der Waals surface area contributed by atoms with Crippen LogP contribution in [0.4, 0.5) is 16.3 Å². The second-order valence-corrected chi connectivity index (χ2v) is 6.39. The van der Waals surface area contributed by atoms with Crippen molar-refractivity contribution in [3.8, 4) is 0 Å². The summed E-state index contributed by atoms with van der Waals surface area (Å²) in [7, 11) is 0. The van der Waals surface area contributed by atoms with Gasteiger partial charge in [0.25, 0.3) is 0 Å². The van der Waals surface area contributed by atoms with Gasteiger partial charge in [-0.25, -0.2) is 9.78 Å². The van der Waals surface area contributed by atoms with Gasteiger partial charge in [-0.1, -0.05) is 6.92 Å². The van der Waals surface area contributed by atoms with E-state index in [1.54, 1.807) is 12.3 Å². The number of carbonyl (C=O) groups excluding carboxylic acids is 1. The second kappa shape index (κ2) is 6.36. The number of rotatable bonds is 3. The highest BCUT2D eigenvalue weighted by molar-refractivity contribution is 6.16. The molecule has 2 aliphatic heterocycles. The van der Waals surface area contributed by atoms with E-state index < -0.39 is 0 Å². The molecule has 122 valence electrons. The standard InChI is InChI=1S/C16H22N6O/c1-10-5-12-7-13(6-10)22(12)16(23)21-15-8-14(11(2)9-19-15)18-3-4-20-17/h3-4,8-10,12-13H,5-7,17H2,1-2H3,(H,19,21,23)/b18-3?,20-4-. The quantitative estimate of drug-likeness (QED) is 0.509. The van der Waals surface area contributed by atoms with Crippen molar-refractivity contribution >= 4 is 30.0 Å². The maximum absolute atomic E-state index is 12.5. The number of amides is 2. The molecule has 0 aromatic carbocycles. The number of aromatic nitrogens is 1. The van der Waals surface area contributed by atoms with Crippen molar-refractivity contribution < 1.29 is 4.79 Å². The van der Waals surface area contributed by atoms with Crippen molar-refractivity contribution in [1.29, 1.82) is 0 Å². The molecule has 2 atom stereocenters. The van der Waals surface area contributed by atoms with Gasteiger partial charge >= 0.3 is 6.03 Å². The lowest BCUT2D eigenvalue weighted by molar-refractivity contribution is -0.00603. The van der Waals surface area contributed by atoms with E-state index in [1.165, 1.54) is 12.4 Å². The zero-order chi connectivity index (χ0) is 16.4. The van der Waals surface area contributed by atoms with Crippen molar-refractivity contribution in [2.24, 2.45) is 21.9 Å². The third-order valence-electron chi connectivity index (χ3n) is 4.59. The minimum Gasteiger partial charge on any atom is -0.323 e. The average molecular weight is 314 g/mol. The zero-order valence-corrected chi connectivity index (χ0v) is 13.4. The summed E-state index contributed by atoms with van der Waals surface area (Å²) >= 11 is 0. The van der Waals surface area contributed by atoms with Gasteiger partial charge in [-0.15, -0.1) is 0 Å². The maximum atomic E-state index is 12.5. The van der Waals surface area contributed by atoms with E-state index in [0.29, 0.717) is 23.8 Å². The lowest BCUT2D eigenvalue weighted by Gasteiger charge is -2.54. The summed E-state index contributed by atoms with van der Waals surface area (Å²) in [6.07, 6.45) is 7.93. The predicted molar refractivity (Wildman–Crippen MR) is 91.3 cm³/mol. The van der Waals surface area contributed by atoms with E-state index in [9.17, 15) is 4.79 Å². The summed E-state index contributed by atoms with van der Waals surface area (Å²) in [6, 6.07) is 2.46. The third kappa shape index (κ3) is 3.18. The van der Waals surface area contributed by atoms with E-state index in [0.717, 1.165) is 30.5 Å². The number of piperidine rings is 1. The van der Waals surface area contributed by atoms with Gasteiger partial charge in [0.15, 0.2) is 0 Å². The number of hydrogen-bond acceptors (Lipinski definition) is 5. The molecule has 3 N–H and O–H groups in total. The first-order chi connectivity index (χ1) is 11.1. The van der Waals surface area contributed by atoms with Gasteiger partial charge < -0.3 is 10.7 Å². The largest absolute Gasteiger partial charge is 0.323 e. The number of carbonyl (C=O) groups is 1. The molecule has 0 spiro atoms. The molecule has 1 aromatic heterocycles. The van der Waals surface area contributed by atoms with E-state index >= 15 is 0 Å². The number of aryl methyl sites for hydroxylation is 1. The Bertz CT molecular complexity index is 644. The predicted octanol–water partition coefficient (Wildman–Crippen LogP) is 2.44. The van der Waals surface area contributed by atoms with Gasteiger partial charge in [-0.3, -0.25) is 10.3 Å². The third-order valence-corrected chi connectivity index (χ3v) is 4.59. The van der Waals surface area contributed by atoms with Crippen LogP contribution in [0.25, 0.3) is 0 Å². The van der Waals surface area contributed by atoms with Crippen molar-refractivity contribution in [3.63, 3.8) is 0 Å². The Morgan fingerprint density at radius 2 is 2.13 bits per heavy atom. The van der Waals surface area contributed by atoms with Crippen molar-refractivity contribution in [2.75, 3.05) is 5.32 Å². The molecule has 3 heterocycles. The molecule has 0 saturated carbocycles. The first-order valence-electron chi connectivity index (χ1n) is 7.90. The topological polar surface area (TPSA) is 96.0 Å². The average Bonchev–Trinajstić information content (AvgIpc) is 2.50. The van der Waals surface area contributed by atoms with Crippen LogP contribution in [0.3, 0.4) is 0 Å². The molecule has 0 aliphatic carbocycles. The van der Waals surface area contributed by atoms with Crippen LogP contribution in [-0.4, -0.2) is 40.4 Å². The summed E-state index contributed by atoms with van der Waals surface area (Å²) in [6.45, 7) is 4.16. The Balaban J connectivity index is 1.68. The molecule has 7 heteroatoms. The lowest BCUT2D eigenvalue weighted by Crippen LogP contribution is -2.63. The molecular weight excluding hydrogens is 292 g/mol. The van der Waals surface area contributed by atoms with Gasteiger partial charge in [0.05, 0.1) is 11.9 Å². The number of urea groups is 1. The molecule has 2 bridgehead atoms. The van der Waals surface area contributed by atoms with Crippen LogP contribution in [0, 0.1) is 12.8 Å². The number of nitrogens with one attached hydrogen (secondary N) is 1. The molecule has 23 heavy (non-hydrogen) atoms. The van der Waals surface area contributed by atoms with Crippen LogP contribution in [0.2, 0.25) is 0 Å². The van der Waals surface area contributed by atoms with Crippen LogP contribution >= 0.6 is 0 Å². The van der Waals surface area contributed by atoms with Gasteiger partial charge in [-0.05, 0) is 37.7 Å². The summed E-state index contributed by atoms with van der Waals surface area (Å²) in [5.41, 5.74) is 1.65. The number of hydrogen-bond donors (Lipinski definition) is 2. The minimum atomic E-state index is -0.0621. The van der Waals surface area contributed by atoms with E-state index in [2.05, 4.69) is 27.3 Å². The Morgan fingerprint density at radius 1 is 1.39 bits per heavy atom. The lowest BCUT2D eigenvalue weighted by atomic mass is 9.74. The van der Waals surface area contributed by atoms with Gasteiger partial charge in [0, 0.05) is 30.6 Å². The highest BCUT2D eigenvalue weighted by Gasteiger charge is 2.46. The summed E-state index contributed by atoms with van der Waals surface area (Å²) in [5.74, 6) is 6.26. The molecule has 2 fully saturated rings. The summed E-state index contributed by atoms with van der Waals surface area (Å²) in [4.78, 5) is 23.0. The normalized spacial score (nSPS) is 26.5. The zero-order valence-electron chi connectivity index (χ0n) is 13.4. The Morgan fingerprint density at radius 3 is 2.83 bits per heavy atom. The number of hydrazone groups is 1. The smallest absolute Gasteiger partial charge is 0.323 e. The molecule has 7 nitrogen and oxygen atoms in total. The number of nitrogens with two attached hydrogens (primary N) is 1. The van der Waals surface area contributed by atoms with Crippen LogP contribution in [-0.2, 0) is 0 Å². The molecular formula is C16H22N6O. The highest BCUT2D eigenvalue weighted by atomic mass is 16.2. The van der Waals surface area contributed by atoms with Crippen LogP contribution in [0.15, 0.2) is 22.4 Å². The molecule has 2 amide bonds. The number of pyridine rings is 1. The van der Waals surface area contributed by atoms with Gasteiger partial charge in [0.2, 0.25) is 0 Å². The van der Waals surface area contributed by atoms with Crippen LogP contribution in [0.1, 0.15) is 31.7 Å². The summed E-state index contributed by atoms with van der Waals surface area (Å²) in [5, 5.41) is 6.25. The van der Waals surface area contributed by atoms with Gasteiger partial charge in [-0.2, -0.15) is 5.10 Å². The molecule has 2 unspecified atom stereocenters. The van der Waals surface area contributed by atoms with Crippen molar-refractivity contribution in [2.45, 2.75) is 45.2 Å². The van der Waals surface area contributed by atoms with Crippen LogP contribution in [0.5, 0.6) is 0 Å². The van der Waals surface area contributed by atoms with Crippen LogP contribution < -0.4 is 11.2 Å². The van der Waals surface area contributed by atoms with Crippen molar-refractivity contribution in [3.05, 3.63) is 17.8 Å². The fourth-order valence-corrected chi connectivity index (χ4v) is 3.52. The number of nitrogens with zero attached hydrogens (tertiary/aromatic N) is 4. The Kier molecular flexibility index (Phi) is 4.27. The maximum Gasteiger partial charge on any atom is 0.323 e. The molecule has 2 aliphatic rings. The Hall–Kier alpha value is -2.44. The monoisotopic (exact) mass is 314 g/mol. The van der Waals surface area contributed by atoms with E-state index in [1.807, 2.05) is 11.8 Å². The molecule has 3 rings (SSSR count). The molecule has 0 radical (unpaired) electrons. The van der Waals surface area contributed by atoms with E-state index in [4.69, 9.17) is 5.84 Å². The SMILES string of the molecule is Cc1cnc(NC(=O)N2C3CC(C)CC2C3)cc1N=C/C=N\N. The fourth-order valence-electron chi connectivity index (χ4n) is 3.52. The number of anilines is 1. The first-order valence-corrected chi connectivity index (χ1v) is 7.90. The highest BCUT2D eigenvalue weighted by Crippen LogP contribution is 2.41. The number of fused-ring (bicyclic) bond motifs is 2. The Labute approximate surface area is 135 Å². The van der Waals surface area contributed by atoms with E-state index in [-0.39, 0.29) is 6.03 Å². The summed E-state index contributed by atoms with van der Waals surface area (Å²) < 4.78 is 0. The minimum absolute atomic E-state index is 0.0621. The molecule has 1 aromatic rings. The first kappa shape index (κ1) is 15.5. The van der Waals surface area contributed by atoms with Gasteiger partial charge in [0.1, 0.15) is 5.82 Å². The fraction of sp³-hybridized carbons (Fsp3) is 0.500. The second-order valence-electron chi connectivity index (χ2n) is 6.39.